The summed E-state index contributed by atoms with van der Waals surface area (Å²) in [6.45, 7) is 0. The number of hydrogen-bond donors (Lipinski definition) is 0. The highest BCUT2D eigenvalue weighted by molar-refractivity contribution is 6.36. The molecule has 0 aliphatic heterocycles. The fraction of sp³-hybridized carbons (Fsp3) is 0.250. The largest absolute Gasteiger partial charge is 0.236 e. The summed E-state index contributed by atoms with van der Waals surface area (Å²) in [5.41, 5.74) is -2.67. The van der Waals surface area contributed by atoms with Crippen molar-refractivity contribution in [1.29, 1.82) is 10.5 Å². The molecule has 14 heavy (non-hydrogen) atoms. The molecule has 0 radical (unpaired) electrons. The van der Waals surface area contributed by atoms with Gasteiger partial charge in [0.2, 0.25) is 5.67 Å². The lowest BCUT2D eigenvalue weighted by molar-refractivity contribution is 0.261. The molecule has 2 atom stereocenters. The van der Waals surface area contributed by atoms with E-state index in [1.807, 2.05) is 0 Å². The maximum atomic E-state index is 13.6. The van der Waals surface area contributed by atoms with Crippen molar-refractivity contribution in [2.75, 3.05) is 0 Å². The van der Waals surface area contributed by atoms with E-state index >= 15 is 0 Å². The molecule has 0 spiro atoms. The van der Waals surface area contributed by atoms with Gasteiger partial charge in [0.1, 0.15) is 12.0 Å². The van der Waals surface area contributed by atoms with E-state index in [1.165, 1.54) is 12.1 Å². The summed E-state index contributed by atoms with van der Waals surface area (Å²) in [6, 6.07) is 2.64. The van der Waals surface area contributed by atoms with Gasteiger partial charge in [-0.15, -0.1) is 0 Å². The average molecular weight is 235 g/mol. The molecule has 0 aromatic carbocycles. The fourth-order valence-corrected chi connectivity index (χ4v) is 1.62. The molecular formula is C8H2Cl2F2N2. The summed E-state index contributed by atoms with van der Waals surface area (Å²) in [7, 11) is 0. The van der Waals surface area contributed by atoms with Crippen LogP contribution in [-0.4, -0.2) is 5.67 Å². The molecule has 1 aliphatic rings. The normalized spacial score (nSPS) is 31.9. The molecule has 0 N–H and O–H groups in total. The van der Waals surface area contributed by atoms with Crippen molar-refractivity contribution in [3.8, 4) is 12.1 Å². The predicted octanol–water partition coefficient (Wildman–Crippen LogP) is 2.91. The van der Waals surface area contributed by atoms with Gasteiger partial charge in [-0.2, -0.15) is 10.5 Å². The quantitative estimate of drug-likeness (QED) is 0.647. The van der Waals surface area contributed by atoms with E-state index in [9.17, 15) is 8.78 Å². The van der Waals surface area contributed by atoms with Crippen LogP contribution >= 0.6 is 23.2 Å². The van der Waals surface area contributed by atoms with Crippen molar-refractivity contribution in [2.24, 2.45) is 5.92 Å². The molecule has 0 aromatic rings. The van der Waals surface area contributed by atoms with Crippen molar-refractivity contribution in [1.82, 2.24) is 0 Å². The zero-order valence-electron chi connectivity index (χ0n) is 6.56. The van der Waals surface area contributed by atoms with Gasteiger partial charge in [-0.1, -0.05) is 23.2 Å². The highest BCUT2D eigenvalue weighted by Gasteiger charge is 2.45. The Labute approximate surface area is 88.6 Å². The van der Waals surface area contributed by atoms with Gasteiger partial charge < -0.3 is 0 Å². The maximum Gasteiger partial charge on any atom is 0.236 e. The van der Waals surface area contributed by atoms with Crippen LogP contribution in [0.4, 0.5) is 8.78 Å². The summed E-state index contributed by atoms with van der Waals surface area (Å²) in [6.07, 6.45) is 0.545. The molecule has 0 fully saturated rings. The number of hydrogen-bond acceptors (Lipinski definition) is 2. The highest BCUT2D eigenvalue weighted by Crippen LogP contribution is 2.42. The van der Waals surface area contributed by atoms with Gasteiger partial charge in [0.25, 0.3) is 0 Å². The van der Waals surface area contributed by atoms with Crippen molar-refractivity contribution in [3.63, 3.8) is 0 Å². The van der Waals surface area contributed by atoms with Crippen molar-refractivity contribution >= 4 is 23.2 Å². The van der Waals surface area contributed by atoms with E-state index in [-0.39, 0.29) is 0 Å². The molecule has 6 heteroatoms. The predicted molar refractivity (Wildman–Crippen MR) is 46.5 cm³/mol. The average Bonchev–Trinajstić information content (AvgIpc) is 2.15. The maximum absolute atomic E-state index is 13.6. The molecule has 0 heterocycles. The fourth-order valence-electron chi connectivity index (χ4n) is 1.00. The van der Waals surface area contributed by atoms with Crippen LogP contribution in [-0.2, 0) is 0 Å². The van der Waals surface area contributed by atoms with Gasteiger partial charge in [-0.3, -0.25) is 0 Å². The lowest BCUT2D eigenvalue weighted by atomic mass is 9.87. The highest BCUT2D eigenvalue weighted by atomic mass is 35.5. The second-order valence-electron chi connectivity index (χ2n) is 2.60. The second kappa shape index (κ2) is 3.57. The summed E-state index contributed by atoms with van der Waals surface area (Å²) in [4.78, 5) is 0. The summed E-state index contributed by atoms with van der Waals surface area (Å²) in [5.74, 6) is -2.74. The Hall–Kier alpha value is -1.10. The van der Waals surface area contributed by atoms with E-state index in [0.29, 0.717) is 6.08 Å². The Kier molecular flexibility index (Phi) is 2.80. The Morgan fingerprint density at radius 3 is 2.43 bits per heavy atom. The van der Waals surface area contributed by atoms with E-state index < -0.39 is 27.5 Å². The molecule has 2 nitrogen and oxygen atoms in total. The van der Waals surface area contributed by atoms with Gasteiger partial charge in [-0.25, -0.2) is 8.78 Å². The smallest absolute Gasteiger partial charge is 0.221 e. The minimum atomic E-state index is -2.67. The first-order chi connectivity index (χ1) is 6.46. The Morgan fingerprint density at radius 2 is 2.00 bits per heavy atom. The van der Waals surface area contributed by atoms with Crippen molar-refractivity contribution in [3.05, 3.63) is 22.0 Å². The topological polar surface area (TPSA) is 47.6 Å². The summed E-state index contributed by atoms with van der Waals surface area (Å²) < 4.78 is 26.6. The summed E-state index contributed by atoms with van der Waals surface area (Å²) in [5, 5.41) is 15.8. The van der Waals surface area contributed by atoms with Gasteiger partial charge >= 0.3 is 0 Å². The van der Waals surface area contributed by atoms with E-state index in [0.717, 1.165) is 0 Å². The molecule has 0 bridgehead atoms. The zero-order chi connectivity index (χ0) is 10.9. The van der Waals surface area contributed by atoms with Crippen LogP contribution in [0.3, 0.4) is 0 Å². The SMILES string of the molecule is N#CC1C(Cl)=C(F)C(Cl)=CC1(F)C#N. The van der Waals surface area contributed by atoms with Crippen LogP contribution in [0.1, 0.15) is 0 Å². The molecule has 72 valence electrons. The number of nitrogens with zero attached hydrogens (tertiary/aromatic N) is 2. The Balaban J connectivity index is 3.35. The molecular weight excluding hydrogens is 233 g/mol. The number of halogens is 4. The molecule has 0 aromatic heterocycles. The number of nitriles is 2. The molecule has 0 saturated heterocycles. The van der Waals surface area contributed by atoms with E-state index in [2.05, 4.69) is 0 Å². The van der Waals surface area contributed by atoms with Crippen molar-refractivity contribution in [2.45, 2.75) is 5.67 Å². The van der Waals surface area contributed by atoms with Crippen molar-refractivity contribution < 1.29 is 8.78 Å². The lowest BCUT2D eigenvalue weighted by Crippen LogP contribution is -2.31. The van der Waals surface area contributed by atoms with Gasteiger partial charge in [0.15, 0.2) is 5.83 Å². The third-order valence-corrected chi connectivity index (χ3v) is 2.39. The first-order valence-corrected chi connectivity index (χ1v) is 4.15. The third kappa shape index (κ3) is 1.48. The second-order valence-corrected chi connectivity index (χ2v) is 3.41. The minimum Gasteiger partial charge on any atom is -0.221 e. The van der Waals surface area contributed by atoms with Gasteiger partial charge in [0.05, 0.1) is 16.1 Å². The van der Waals surface area contributed by atoms with Crippen LogP contribution < -0.4 is 0 Å². The minimum absolute atomic E-state index is 0.545. The molecule has 1 rings (SSSR count). The summed E-state index contributed by atoms with van der Waals surface area (Å²) >= 11 is 10.6. The van der Waals surface area contributed by atoms with Gasteiger partial charge in [-0.05, 0) is 6.08 Å². The van der Waals surface area contributed by atoms with Gasteiger partial charge in [0, 0.05) is 0 Å². The lowest BCUT2D eigenvalue weighted by Gasteiger charge is -2.23. The van der Waals surface area contributed by atoms with Crippen LogP contribution in [0, 0.1) is 28.6 Å². The van der Waals surface area contributed by atoms with Crippen LogP contribution in [0.15, 0.2) is 22.0 Å². The standard InChI is InChI=1S/C8H2Cl2F2N2/c9-5-1-8(12,3-14)4(2-13)6(10)7(5)11/h1,4H. The third-order valence-electron chi connectivity index (χ3n) is 1.73. The Morgan fingerprint density at radius 1 is 1.43 bits per heavy atom. The van der Waals surface area contributed by atoms with Crippen LogP contribution in [0.5, 0.6) is 0 Å². The van der Waals surface area contributed by atoms with E-state index in [1.54, 1.807) is 0 Å². The molecule has 2 unspecified atom stereocenters. The monoisotopic (exact) mass is 234 g/mol. The zero-order valence-corrected chi connectivity index (χ0v) is 8.07. The number of rotatable bonds is 0. The molecule has 0 amide bonds. The Bertz CT molecular complexity index is 416. The number of allylic oxidation sites excluding steroid dienone is 4. The van der Waals surface area contributed by atoms with E-state index in [4.69, 9.17) is 33.7 Å². The molecule has 1 aliphatic carbocycles. The first kappa shape index (κ1) is 11.0. The number of alkyl halides is 1. The van der Waals surface area contributed by atoms with Crippen LogP contribution in [0.2, 0.25) is 0 Å². The van der Waals surface area contributed by atoms with Crippen LogP contribution in [0.25, 0.3) is 0 Å². The molecule has 0 saturated carbocycles. The first-order valence-electron chi connectivity index (χ1n) is 3.40.